The van der Waals surface area contributed by atoms with Crippen LogP contribution in [-0.2, 0) is 14.2 Å². The first-order valence-electron chi connectivity index (χ1n) is 11.6. The first kappa shape index (κ1) is 29.9. The molecule has 0 bridgehead atoms. The van der Waals surface area contributed by atoms with Crippen molar-refractivity contribution in [1.29, 1.82) is 0 Å². The lowest BCUT2D eigenvalue weighted by atomic mass is 10.1. The van der Waals surface area contributed by atoms with Gasteiger partial charge in [-0.2, -0.15) is 0 Å². The fourth-order valence-corrected chi connectivity index (χ4v) is 4.91. The summed E-state index contributed by atoms with van der Waals surface area (Å²) in [7, 11) is 0. The second-order valence-corrected chi connectivity index (χ2v) is 8.97. The van der Waals surface area contributed by atoms with Crippen molar-refractivity contribution in [1.82, 2.24) is 9.80 Å². The molecule has 194 valence electrons. The molecule has 1 saturated heterocycles. The Hall–Kier alpha value is -1.36. The second-order valence-electron chi connectivity index (χ2n) is 7.89. The zero-order chi connectivity index (χ0) is 22.7. The summed E-state index contributed by atoms with van der Waals surface area (Å²) in [4.78, 5) is 12.4. The third kappa shape index (κ3) is 8.91. The van der Waals surface area contributed by atoms with Crippen LogP contribution in [0.4, 0.5) is 5.69 Å². The zero-order valence-corrected chi connectivity index (χ0v) is 22.3. The van der Waals surface area contributed by atoms with Crippen molar-refractivity contribution in [2.45, 2.75) is 9.79 Å². The summed E-state index contributed by atoms with van der Waals surface area (Å²) in [5.74, 6) is 1.08. The smallest absolute Gasteiger partial charge is 0.137 e. The number of para-hydroxylation sites is 1. The molecule has 0 aliphatic carbocycles. The Kier molecular flexibility index (Phi) is 14.0. The highest BCUT2D eigenvalue weighted by Gasteiger charge is 2.25. The molecule has 1 N–H and O–H groups in total. The average molecular weight is 545 g/mol. The summed E-state index contributed by atoms with van der Waals surface area (Å²) in [6, 6.07) is 17.0. The van der Waals surface area contributed by atoms with Crippen molar-refractivity contribution in [2.75, 3.05) is 79.0 Å². The third-order valence-corrected chi connectivity index (χ3v) is 6.78. The van der Waals surface area contributed by atoms with Gasteiger partial charge in [0, 0.05) is 48.1 Å². The minimum absolute atomic E-state index is 0. The maximum Gasteiger partial charge on any atom is 0.137 e. The molecular formula is C25H35Cl2N3O4S. The number of aliphatic hydroxyl groups is 1. The minimum Gasteiger partial charge on any atom is -0.394 e. The molecule has 10 heteroatoms. The zero-order valence-electron chi connectivity index (χ0n) is 19.8. The van der Waals surface area contributed by atoms with E-state index >= 15 is 0 Å². The van der Waals surface area contributed by atoms with Gasteiger partial charge >= 0.3 is 0 Å². The minimum atomic E-state index is 0. The van der Waals surface area contributed by atoms with Crippen molar-refractivity contribution >= 4 is 48.1 Å². The summed E-state index contributed by atoms with van der Waals surface area (Å²) in [5, 5.41) is 8.64. The van der Waals surface area contributed by atoms with Crippen molar-refractivity contribution in [2.24, 2.45) is 4.99 Å². The Balaban J connectivity index is 0.00000216. The monoisotopic (exact) mass is 543 g/mol. The van der Waals surface area contributed by atoms with E-state index < -0.39 is 0 Å². The van der Waals surface area contributed by atoms with Crippen LogP contribution in [0.15, 0.2) is 63.3 Å². The summed E-state index contributed by atoms with van der Waals surface area (Å²) in [6.45, 7) is 8.13. The van der Waals surface area contributed by atoms with Crippen molar-refractivity contribution < 1.29 is 19.3 Å². The molecule has 2 aromatic carbocycles. The van der Waals surface area contributed by atoms with Crippen LogP contribution in [0.5, 0.6) is 0 Å². The molecular weight excluding hydrogens is 509 g/mol. The quantitative estimate of drug-likeness (QED) is 0.433. The Morgan fingerprint density at radius 1 is 0.743 bits per heavy atom. The second kappa shape index (κ2) is 16.4. The van der Waals surface area contributed by atoms with E-state index in [-0.39, 0.29) is 31.4 Å². The molecule has 1 fully saturated rings. The molecule has 2 heterocycles. The third-order valence-electron chi connectivity index (χ3n) is 5.64. The fourth-order valence-electron chi connectivity index (χ4n) is 3.89. The summed E-state index contributed by atoms with van der Waals surface area (Å²) in [5.41, 5.74) is 2.27. The largest absolute Gasteiger partial charge is 0.394 e. The van der Waals surface area contributed by atoms with E-state index in [1.54, 1.807) is 11.8 Å². The van der Waals surface area contributed by atoms with Gasteiger partial charge in [0.25, 0.3) is 0 Å². The maximum atomic E-state index is 8.64. The normalized spacial score (nSPS) is 15.2. The fraction of sp³-hybridized carbons (Fsp3) is 0.480. The van der Waals surface area contributed by atoms with E-state index in [9.17, 15) is 0 Å². The molecule has 2 aromatic rings. The predicted molar refractivity (Wildman–Crippen MR) is 145 cm³/mol. The lowest BCUT2D eigenvalue weighted by Crippen LogP contribution is -2.49. The maximum absolute atomic E-state index is 8.64. The van der Waals surface area contributed by atoms with Crippen molar-refractivity contribution in [3.05, 3.63) is 54.1 Å². The molecule has 0 radical (unpaired) electrons. The lowest BCUT2D eigenvalue weighted by molar-refractivity contribution is 0.00348. The van der Waals surface area contributed by atoms with Gasteiger partial charge in [0.05, 0.1) is 51.9 Å². The van der Waals surface area contributed by atoms with Gasteiger partial charge in [0.2, 0.25) is 0 Å². The molecule has 0 spiro atoms. The average Bonchev–Trinajstić information content (AvgIpc) is 3.02. The van der Waals surface area contributed by atoms with E-state index in [1.807, 2.05) is 0 Å². The van der Waals surface area contributed by atoms with Crippen LogP contribution in [0.3, 0.4) is 0 Å². The number of piperazine rings is 1. The van der Waals surface area contributed by atoms with Gasteiger partial charge in [0.1, 0.15) is 5.84 Å². The highest BCUT2D eigenvalue weighted by molar-refractivity contribution is 7.99. The first-order valence-corrected chi connectivity index (χ1v) is 12.4. The molecule has 35 heavy (non-hydrogen) atoms. The molecule has 0 atom stereocenters. The number of ether oxygens (including phenoxy) is 3. The van der Waals surface area contributed by atoms with Crippen LogP contribution in [0, 0.1) is 0 Å². The van der Waals surface area contributed by atoms with Gasteiger partial charge in [-0.25, -0.2) is 4.99 Å². The van der Waals surface area contributed by atoms with Crippen LogP contribution in [0.1, 0.15) is 5.56 Å². The Morgan fingerprint density at radius 3 is 2.06 bits per heavy atom. The highest BCUT2D eigenvalue weighted by atomic mass is 35.5. The Morgan fingerprint density at radius 2 is 1.34 bits per heavy atom. The number of aliphatic hydroxyl groups excluding tert-OH is 1. The van der Waals surface area contributed by atoms with Gasteiger partial charge in [-0.3, -0.25) is 4.90 Å². The molecule has 2 aliphatic heterocycles. The van der Waals surface area contributed by atoms with Gasteiger partial charge in [-0.15, -0.1) is 24.8 Å². The van der Waals surface area contributed by atoms with Gasteiger partial charge in [0.15, 0.2) is 0 Å². The van der Waals surface area contributed by atoms with Crippen molar-refractivity contribution in [3.63, 3.8) is 0 Å². The van der Waals surface area contributed by atoms with Gasteiger partial charge in [-0.1, -0.05) is 42.1 Å². The molecule has 0 saturated carbocycles. The van der Waals surface area contributed by atoms with E-state index in [0.717, 1.165) is 44.2 Å². The van der Waals surface area contributed by atoms with E-state index in [4.69, 9.17) is 24.3 Å². The van der Waals surface area contributed by atoms with E-state index in [0.29, 0.717) is 39.6 Å². The Labute approximate surface area is 224 Å². The van der Waals surface area contributed by atoms with Crippen LogP contribution in [0.25, 0.3) is 0 Å². The number of nitrogens with zero attached hydrogens (tertiary/aromatic N) is 3. The predicted octanol–water partition coefficient (Wildman–Crippen LogP) is 3.73. The SMILES string of the molecule is Cl.Cl.OCCOCCOCCOCCN1CCN(C2=Nc3ccccc3Sc3ccccc32)CC1. The first-order chi connectivity index (χ1) is 16.3. The molecule has 2 aliphatic rings. The number of hydrogen-bond acceptors (Lipinski definition) is 8. The van der Waals surface area contributed by atoms with Gasteiger partial charge in [-0.05, 0) is 18.2 Å². The van der Waals surface area contributed by atoms with E-state index in [2.05, 4.69) is 58.3 Å². The standard InChI is InChI=1S/C25H33N3O4S.2ClH/c29-14-16-31-18-20-32-19-17-30-15-13-27-9-11-28(12-10-27)25-21-5-1-3-7-23(21)33-24-8-4-2-6-22(24)26-25;;/h1-8,29H,9-20H2;2*1H. The number of rotatable bonds is 11. The molecule has 0 unspecified atom stereocenters. The molecule has 0 amide bonds. The lowest BCUT2D eigenvalue weighted by Gasteiger charge is -2.36. The van der Waals surface area contributed by atoms with Crippen LogP contribution < -0.4 is 0 Å². The summed E-state index contributed by atoms with van der Waals surface area (Å²) < 4.78 is 16.3. The summed E-state index contributed by atoms with van der Waals surface area (Å²) >= 11 is 1.80. The highest BCUT2D eigenvalue weighted by Crippen LogP contribution is 2.40. The Bertz CT molecular complexity index is 914. The van der Waals surface area contributed by atoms with Crippen molar-refractivity contribution in [3.8, 4) is 0 Å². The number of benzene rings is 2. The summed E-state index contributed by atoms with van der Waals surface area (Å²) in [6.07, 6.45) is 0. The molecule has 0 aromatic heterocycles. The van der Waals surface area contributed by atoms with Crippen LogP contribution in [-0.4, -0.2) is 99.7 Å². The molecule has 7 nitrogen and oxygen atoms in total. The van der Waals surface area contributed by atoms with Crippen LogP contribution >= 0.6 is 36.6 Å². The number of aliphatic imine (C=N–C) groups is 1. The topological polar surface area (TPSA) is 66.8 Å². The van der Waals surface area contributed by atoms with Crippen LogP contribution in [0.2, 0.25) is 0 Å². The number of halogens is 2. The molecule has 4 rings (SSSR count). The number of fused-ring (bicyclic) bond motifs is 2. The van der Waals surface area contributed by atoms with Gasteiger partial charge < -0.3 is 24.2 Å². The number of hydrogen-bond donors (Lipinski definition) is 1. The van der Waals surface area contributed by atoms with E-state index in [1.165, 1.54) is 15.4 Å². The number of amidine groups is 1.